The van der Waals surface area contributed by atoms with Crippen LogP contribution in [-0.4, -0.2) is 25.9 Å². The van der Waals surface area contributed by atoms with E-state index < -0.39 is 5.97 Å². The van der Waals surface area contributed by atoms with Gasteiger partial charge in [-0.05, 0) is 36.8 Å². The molecule has 1 unspecified atom stereocenters. The van der Waals surface area contributed by atoms with Crippen LogP contribution in [0.5, 0.6) is 0 Å². The summed E-state index contributed by atoms with van der Waals surface area (Å²) in [4.78, 5) is 29.4. The fraction of sp³-hybridized carbons (Fsp3) is 0.316. The lowest BCUT2D eigenvalue weighted by Gasteiger charge is -2.24. The van der Waals surface area contributed by atoms with Crippen LogP contribution in [0.4, 0.5) is 11.9 Å². The summed E-state index contributed by atoms with van der Waals surface area (Å²) in [5.41, 5.74) is 14.5. The first-order valence-electron chi connectivity index (χ1n) is 8.84. The van der Waals surface area contributed by atoms with Gasteiger partial charge in [-0.3, -0.25) is 4.98 Å². The number of hydrogen-bond acceptors (Lipinski definition) is 8. The molecule has 0 fully saturated rings. The normalized spacial score (nSPS) is 16.1. The van der Waals surface area contributed by atoms with Crippen molar-refractivity contribution in [1.29, 1.82) is 0 Å². The van der Waals surface area contributed by atoms with Gasteiger partial charge in [-0.1, -0.05) is 25.1 Å². The van der Waals surface area contributed by atoms with Gasteiger partial charge in [0.25, 0.3) is 0 Å². The van der Waals surface area contributed by atoms with Crippen molar-refractivity contribution < 1.29 is 9.53 Å². The number of nitrogens with zero attached hydrogens (tertiary/aromatic N) is 4. The molecule has 2 heterocycles. The molecule has 8 heteroatoms. The van der Waals surface area contributed by atoms with Gasteiger partial charge in [-0.2, -0.15) is 15.0 Å². The predicted octanol–water partition coefficient (Wildman–Crippen LogP) is 2.07. The molecule has 4 rings (SSSR count). The Kier molecular flexibility index (Phi) is 4.31. The fourth-order valence-corrected chi connectivity index (χ4v) is 3.52. The van der Waals surface area contributed by atoms with E-state index in [9.17, 15) is 4.79 Å². The maximum atomic E-state index is 13.0. The smallest absolute Gasteiger partial charge is 0.339 e. The van der Waals surface area contributed by atoms with Gasteiger partial charge < -0.3 is 16.2 Å². The number of hydrogen-bond donors (Lipinski definition) is 2. The van der Waals surface area contributed by atoms with E-state index in [0.29, 0.717) is 11.5 Å². The van der Waals surface area contributed by atoms with E-state index in [1.54, 1.807) is 0 Å². The summed E-state index contributed by atoms with van der Waals surface area (Å²) in [7, 11) is 0. The molecule has 4 N–H and O–H groups in total. The van der Waals surface area contributed by atoms with Crippen LogP contribution in [0.3, 0.4) is 0 Å². The lowest BCUT2D eigenvalue weighted by Crippen LogP contribution is -2.19. The number of fused-ring (bicyclic) bond motifs is 2. The lowest BCUT2D eigenvalue weighted by molar-refractivity contribution is 0.0462. The molecule has 1 aliphatic carbocycles. The maximum absolute atomic E-state index is 13.0. The number of rotatable bonds is 3. The molecule has 0 spiro atoms. The third kappa shape index (κ3) is 3.38. The number of esters is 1. The third-order valence-electron chi connectivity index (χ3n) is 4.76. The van der Waals surface area contributed by atoms with Gasteiger partial charge >= 0.3 is 5.97 Å². The summed E-state index contributed by atoms with van der Waals surface area (Å²) < 4.78 is 5.50. The van der Waals surface area contributed by atoms with Gasteiger partial charge in [0, 0.05) is 11.1 Å². The average molecular weight is 364 g/mol. The molecular formula is C19H20N6O2. The van der Waals surface area contributed by atoms with Crippen molar-refractivity contribution in [3.63, 3.8) is 0 Å². The molecule has 1 aromatic carbocycles. The number of nitrogens with two attached hydrogens (primary N) is 2. The Morgan fingerprint density at radius 3 is 2.67 bits per heavy atom. The zero-order valence-electron chi connectivity index (χ0n) is 15.0. The van der Waals surface area contributed by atoms with Gasteiger partial charge in [0.1, 0.15) is 0 Å². The Hall–Kier alpha value is -3.29. The summed E-state index contributed by atoms with van der Waals surface area (Å²) in [5.74, 6) is 0.281. The highest BCUT2D eigenvalue weighted by Gasteiger charge is 2.26. The Bertz CT molecular complexity index is 1020. The number of aromatic nitrogens is 4. The van der Waals surface area contributed by atoms with Gasteiger partial charge in [0.15, 0.2) is 12.4 Å². The minimum atomic E-state index is -0.420. The first kappa shape index (κ1) is 17.1. The topological polar surface area (TPSA) is 130 Å². The molecule has 0 radical (unpaired) electrons. The van der Waals surface area contributed by atoms with E-state index in [-0.39, 0.29) is 24.3 Å². The number of ether oxygens (including phenoxy) is 1. The van der Waals surface area contributed by atoms with E-state index >= 15 is 0 Å². The first-order chi connectivity index (χ1) is 13.0. The van der Waals surface area contributed by atoms with Gasteiger partial charge in [0.2, 0.25) is 11.9 Å². The summed E-state index contributed by atoms with van der Waals surface area (Å²) in [5, 5.41) is 0.796. The molecule has 3 aromatic rings. The van der Waals surface area contributed by atoms with Crippen LogP contribution in [0.15, 0.2) is 24.3 Å². The number of carbonyl (C=O) groups is 1. The molecule has 8 nitrogen and oxygen atoms in total. The van der Waals surface area contributed by atoms with Gasteiger partial charge in [-0.15, -0.1) is 0 Å². The average Bonchev–Trinajstić information content (AvgIpc) is 2.63. The molecule has 0 saturated heterocycles. The summed E-state index contributed by atoms with van der Waals surface area (Å²) in [6.45, 7) is 2.06. The highest BCUT2D eigenvalue weighted by Crippen LogP contribution is 2.32. The Morgan fingerprint density at radius 2 is 1.89 bits per heavy atom. The fourth-order valence-electron chi connectivity index (χ4n) is 3.52. The summed E-state index contributed by atoms with van der Waals surface area (Å²) in [6.07, 6.45) is 2.74. The molecule has 138 valence electrons. The number of anilines is 2. The van der Waals surface area contributed by atoms with Crippen molar-refractivity contribution in [2.75, 3.05) is 11.5 Å². The zero-order valence-corrected chi connectivity index (χ0v) is 15.0. The van der Waals surface area contributed by atoms with Crippen LogP contribution < -0.4 is 11.5 Å². The van der Waals surface area contributed by atoms with E-state index in [0.717, 1.165) is 41.4 Å². The number of carbonyl (C=O) groups excluding carboxylic acids is 1. The predicted molar refractivity (Wildman–Crippen MR) is 101 cm³/mol. The second-order valence-electron chi connectivity index (χ2n) is 6.82. The van der Waals surface area contributed by atoms with Crippen molar-refractivity contribution in [3.8, 4) is 0 Å². The molecular weight excluding hydrogens is 344 g/mol. The van der Waals surface area contributed by atoms with Gasteiger partial charge in [-0.25, -0.2) is 4.79 Å². The van der Waals surface area contributed by atoms with Crippen LogP contribution in [0.2, 0.25) is 0 Å². The molecule has 0 amide bonds. The summed E-state index contributed by atoms with van der Waals surface area (Å²) >= 11 is 0. The number of pyridine rings is 1. The highest BCUT2D eigenvalue weighted by molar-refractivity contribution is 6.05. The van der Waals surface area contributed by atoms with E-state index in [1.165, 1.54) is 0 Å². The number of nitrogen functional groups attached to an aromatic ring is 2. The Labute approximate surface area is 156 Å². The molecule has 27 heavy (non-hydrogen) atoms. The summed E-state index contributed by atoms with van der Waals surface area (Å²) in [6, 6.07) is 7.63. The Balaban J connectivity index is 1.71. The second-order valence-corrected chi connectivity index (χ2v) is 6.82. The molecule has 0 aliphatic heterocycles. The van der Waals surface area contributed by atoms with Crippen molar-refractivity contribution in [2.24, 2.45) is 5.92 Å². The molecule has 1 aliphatic rings. The number of para-hydroxylation sites is 1. The van der Waals surface area contributed by atoms with Crippen molar-refractivity contribution in [2.45, 2.75) is 32.8 Å². The van der Waals surface area contributed by atoms with Crippen LogP contribution >= 0.6 is 0 Å². The molecule has 2 aromatic heterocycles. The minimum absolute atomic E-state index is 0.00545. The van der Waals surface area contributed by atoms with Crippen LogP contribution in [0.1, 0.15) is 40.8 Å². The van der Waals surface area contributed by atoms with E-state index in [1.807, 2.05) is 24.3 Å². The van der Waals surface area contributed by atoms with Crippen molar-refractivity contribution in [1.82, 2.24) is 19.9 Å². The largest absolute Gasteiger partial charge is 0.454 e. The standard InChI is InChI=1S/C19H20N6O2/c1-10-6-7-14-12(8-10)16(11-4-2-3-5-13(11)22-14)17(26)27-9-15-23-18(20)25-19(21)24-15/h2-5,10H,6-9H2,1H3,(H4,20,21,23,24,25). The lowest BCUT2D eigenvalue weighted by atomic mass is 9.84. The van der Waals surface area contributed by atoms with E-state index in [2.05, 4.69) is 21.9 Å². The third-order valence-corrected chi connectivity index (χ3v) is 4.76. The van der Waals surface area contributed by atoms with Crippen LogP contribution in [-0.2, 0) is 24.2 Å². The quantitative estimate of drug-likeness (QED) is 0.675. The van der Waals surface area contributed by atoms with Crippen molar-refractivity contribution >= 4 is 28.8 Å². The van der Waals surface area contributed by atoms with Crippen molar-refractivity contribution in [3.05, 3.63) is 46.9 Å². The molecule has 0 saturated carbocycles. The Morgan fingerprint density at radius 1 is 1.15 bits per heavy atom. The zero-order chi connectivity index (χ0) is 19.0. The molecule has 1 atom stereocenters. The maximum Gasteiger partial charge on any atom is 0.339 e. The molecule has 0 bridgehead atoms. The van der Waals surface area contributed by atoms with Crippen LogP contribution in [0.25, 0.3) is 10.9 Å². The minimum Gasteiger partial charge on any atom is -0.454 e. The SMILES string of the molecule is CC1CCc2nc3ccccc3c(C(=O)OCc3nc(N)nc(N)n3)c2C1. The van der Waals surface area contributed by atoms with E-state index in [4.69, 9.17) is 21.2 Å². The number of benzene rings is 1. The highest BCUT2D eigenvalue weighted by atomic mass is 16.5. The van der Waals surface area contributed by atoms with Gasteiger partial charge in [0.05, 0.1) is 11.1 Å². The first-order valence-corrected chi connectivity index (χ1v) is 8.84. The number of aryl methyl sites for hydroxylation is 1. The second kappa shape index (κ2) is 6.79. The monoisotopic (exact) mass is 364 g/mol. The van der Waals surface area contributed by atoms with Crippen LogP contribution in [0, 0.1) is 5.92 Å².